The van der Waals surface area contributed by atoms with Gasteiger partial charge in [0.05, 0.1) is 4.88 Å². The Morgan fingerprint density at radius 3 is 2.67 bits per heavy atom. The third-order valence-corrected chi connectivity index (χ3v) is 3.03. The van der Waals surface area contributed by atoms with E-state index in [2.05, 4.69) is 10.6 Å². The number of halogens is 1. The summed E-state index contributed by atoms with van der Waals surface area (Å²) in [6, 6.07) is 4.13. The molecule has 1 unspecified atom stereocenters. The molecular formula is C10H17ClN2OS. The average molecular weight is 249 g/mol. The summed E-state index contributed by atoms with van der Waals surface area (Å²) in [5.41, 5.74) is 0. The first-order valence-corrected chi connectivity index (χ1v) is 5.47. The summed E-state index contributed by atoms with van der Waals surface area (Å²) < 4.78 is 0. The minimum absolute atomic E-state index is 0. The molecule has 0 radical (unpaired) electrons. The van der Waals surface area contributed by atoms with E-state index < -0.39 is 0 Å². The van der Waals surface area contributed by atoms with Crippen LogP contribution in [0.2, 0.25) is 0 Å². The Morgan fingerprint density at radius 1 is 1.53 bits per heavy atom. The Kier molecular flexibility index (Phi) is 6.56. The van der Waals surface area contributed by atoms with E-state index in [-0.39, 0.29) is 18.3 Å². The topological polar surface area (TPSA) is 41.1 Å². The largest absolute Gasteiger partial charge is 0.350 e. The van der Waals surface area contributed by atoms with Crippen molar-refractivity contribution >= 4 is 29.7 Å². The van der Waals surface area contributed by atoms with Gasteiger partial charge in [-0.25, -0.2) is 0 Å². The summed E-state index contributed by atoms with van der Waals surface area (Å²) >= 11 is 1.52. The van der Waals surface area contributed by atoms with E-state index >= 15 is 0 Å². The minimum Gasteiger partial charge on any atom is -0.350 e. The van der Waals surface area contributed by atoms with E-state index in [9.17, 15) is 4.79 Å². The number of carbonyl (C=O) groups is 1. The molecule has 1 rings (SSSR count). The van der Waals surface area contributed by atoms with Crippen LogP contribution < -0.4 is 10.6 Å². The Bertz CT molecular complexity index is 314. The molecule has 1 atom stereocenters. The fourth-order valence-electron chi connectivity index (χ4n) is 0.992. The molecule has 0 aliphatic heterocycles. The molecule has 15 heavy (non-hydrogen) atoms. The van der Waals surface area contributed by atoms with Crippen LogP contribution in [0, 0.1) is 6.92 Å². The first kappa shape index (κ1) is 14.4. The second kappa shape index (κ2) is 6.82. The third-order valence-electron chi connectivity index (χ3n) is 2.03. The molecule has 0 saturated heterocycles. The van der Waals surface area contributed by atoms with Gasteiger partial charge in [-0.2, -0.15) is 0 Å². The standard InChI is InChI=1S/C10H16N2OS.ClH/c1-7(11-3)6-12-10(13)9-5-4-8(2)14-9;/h4-5,7,11H,6H2,1-3H3,(H,12,13);1H. The monoisotopic (exact) mass is 248 g/mol. The van der Waals surface area contributed by atoms with Gasteiger partial charge < -0.3 is 10.6 Å². The quantitative estimate of drug-likeness (QED) is 0.854. The zero-order chi connectivity index (χ0) is 10.6. The molecular weight excluding hydrogens is 232 g/mol. The summed E-state index contributed by atoms with van der Waals surface area (Å²) in [4.78, 5) is 13.5. The molecule has 0 aliphatic rings. The molecule has 1 heterocycles. The van der Waals surface area contributed by atoms with Crippen LogP contribution in [0.25, 0.3) is 0 Å². The van der Waals surface area contributed by atoms with Crippen LogP contribution in [0.4, 0.5) is 0 Å². The first-order valence-electron chi connectivity index (χ1n) is 4.65. The van der Waals surface area contributed by atoms with Gasteiger partial charge in [0, 0.05) is 17.5 Å². The van der Waals surface area contributed by atoms with Gasteiger partial charge in [0.1, 0.15) is 0 Å². The van der Waals surface area contributed by atoms with Crippen LogP contribution in [0.3, 0.4) is 0 Å². The number of likely N-dealkylation sites (N-methyl/N-ethyl adjacent to an activating group) is 1. The highest BCUT2D eigenvalue weighted by molar-refractivity contribution is 7.13. The number of carbonyl (C=O) groups excluding carboxylic acids is 1. The maximum atomic E-state index is 11.5. The molecule has 1 aromatic heterocycles. The number of amides is 1. The van der Waals surface area contributed by atoms with Crippen LogP contribution in [0.1, 0.15) is 21.5 Å². The first-order chi connectivity index (χ1) is 6.63. The van der Waals surface area contributed by atoms with E-state index in [4.69, 9.17) is 0 Å². The van der Waals surface area contributed by atoms with Crippen molar-refractivity contribution in [3.63, 3.8) is 0 Å². The molecule has 0 spiro atoms. The van der Waals surface area contributed by atoms with Crippen LogP contribution >= 0.6 is 23.7 Å². The molecule has 0 saturated carbocycles. The molecule has 3 nitrogen and oxygen atoms in total. The smallest absolute Gasteiger partial charge is 0.261 e. The van der Waals surface area contributed by atoms with Crippen molar-refractivity contribution in [1.82, 2.24) is 10.6 Å². The lowest BCUT2D eigenvalue weighted by Gasteiger charge is -2.10. The highest BCUT2D eigenvalue weighted by Crippen LogP contribution is 2.14. The van der Waals surface area contributed by atoms with Gasteiger partial charge in [0.15, 0.2) is 0 Å². The van der Waals surface area contributed by atoms with Crippen LogP contribution in [0.15, 0.2) is 12.1 Å². The van der Waals surface area contributed by atoms with E-state index in [1.807, 2.05) is 33.0 Å². The van der Waals surface area contributed by atoms with Crippen LogP contribution in [-0.4, -0.2) is 25.5 Å². The van der Waals surface area contributed by atoms with Gasteiger partial charge in [-0.3, -0.25) is 4.79 Å². The zero-order valence-electron chi connectivity index (χ0n) is 9.16. The predicted octanol–water partition coefficient (Wildman–Crippen LogP) is 1.82. The summed E-state index contributed by atoms with van der Waals surface area (Å²) in [6.45, 7) is 4.68. The summed E-state index contributed by atoms with van der Waals surface area (Å²) in [5, 5.41) is 5.94. The van der Waals surface area contributed by atoms with Gasteiger partial charge in [0.25, 0.3) is 5.91 Å². The lowest BCUT2D eigenvalue weighted by atomic mass is 10.3. The third kappa shape index (κ3) is 4.64. The van der Waals surface area contributed by atoms with E-state index in [0.717, 1.165) is 9.75 Å². The minimum atomic E-state index is 0. The van der Waals surface area contributed by atoms with Crippen molar-refractivity contribution in [1.29, 1.82) is 0 Å². The van der Waals surface area contributed by atoms with Crippen LogP contribution in [0.5, 0.6) is 0 Å². The SMILES string of the molecule is CNC(C)CNC(=O)c1ccc(C)s1.Cl. The molecule has 1 amide bonds. The normalized spacial score (nSPS) is 11.7. The molecule has 86 valence electrons. The second-order valence-corrected chi connectivity index (χ2v) is 4.60. The van der Waals surface area contributed by atoms with E-state index in [0.29, 0.717) is 12.6 Å². The lowest BCUT2D eigenvalue weighted by Crippen LogP contribution is -2.36. The van der Waals surface area contributed by atoms with Crippen molar-refractivity contribution < 1.29 is 4.79 Å². The number of aryl methyl sites for hydroxylation is 1. The molecule has 5 heteroatoms. The van der Waals surface area contributed by atoms with E-state index in [1.54, 1.807) is 0 Å². The molecule has 1 aromatic rings. The Hall–Kier alpha value is -0.580. The van der Waals surface area contributed by atoms with Gasteiger partial charge in [-0.05, 0) is 33.0 Å². The van der Waals surface area contributed by atoms with Crippen LogP contribution in [-0.2, 0) is 0 Å². The second-order valence-electron chi connectivity index (χ2n) is 3.31. The highest BCUT2D eigenvalue weighted by atomic mass is 35.5. The molecule has 0 aromatic carbocycles. The van der Waals surface area contributed by atoms with Crippen molar-refractivity contribution in [3.05, 3.63) is 21.9 Å². The van der Waals surface area contributed by atoms with Crippen molar-refractivity contribution in [2.24, 2.45) is 0 Å². The number of hydrogen-bond acceptors (Lipinski definition) is 3. The average Bonchev–Trinajstić information content (AvgIpc) is 2.60. The molecule has 0 fully saturated rings. The highest BCUT2D eigenvalue weighted by Gasteiger charge is 2.08. The Balaban J connectivity index is 0.00000196. The fourth-order valence-corrected chi connectivity index (χ4v) is 1.78. The van der Waals surface area contributed by atoms with Crippen molar-refractivity contribution in [3.8, 4) is 0 Å². The molecule has 2 N–H and O–H groups in total. The molecule has 0 aliphatic carbocycles. The molecule has 0 bridgehead atoms. The maximum absolute atomic E-state index is 11.5. The number of nitrogens with one attached hydrogen (secondary N) is 2. The summed E-state index contributed by atoms with van der Waals surface area (Å²) in [6.07, 6.45) is 0. The van der Waals surface area contributed by atoms with Gasteiger partial charge in [-0.1, -0.05) is 0 Å². The zero-order valence-corrected chi connectivity index (χ0v) is 10.8. The number of thiophene rings is 1. The lowest BCUT2D eigenvalue weighted by molar-refractivity contribution is 0.0954. The number of hydrogen-bond donors (Lipinski definition) is 2. The van der Waals surface area contributed by atoms with Gasteiger partial charge in [0.2, 0.25) is 0 Å². The van der Waals surface area contributed by atoms with Gasteiger partial charge in [-0.15, -0.1) is 23.7 Å². The predicted molar refractivity (Wildman–Crippen MR) is 67.2 cm³/mol. The summed E-state index contributed by atoms with van der Waals surface area (Å²) in [5.74, 6) is 0.0187. The van der Waals surface area contributed by atoms with Crippen molar-refractivity contribution in [2.45, 2.75) is 19.9 Å². The maximum Gasteiger partial charge on any atom is 0.261 e. The van der Waals surface area contributed by atoms with Crippen molar-refractivity contribution in [2.75, 3.05) is 13.6 Å². The Labute approximate surface area is 101 Å². The summed E-state index contributed by atoms with van der Waals surface area (Å²) in [7, 11) is 1.88. The number of rotatable bonds is 4. The van der Waals surface area contributed by atoms with E-state index in [1.165, 1.54) is 11.3 Å². The van der Waals surface area contributed by atoms with Gasteiger partial charge >= 0.3 is 0 Å². The fraction of sp³-hybridized carbons (Fsp3) is 0.500. The Morgan fingerprint density at radius 2 is 2.20 bits per heavy atom.